The van der Waals surface area contributed by atoms with Gasteiger partial charge in [-0.3, -0.25) is 14.6 Å². The van der Waals surface area contributed by atoms with Crippen molar-refractivity contribution < 1.29 is 9.53 Å². The average molecular weight is 469 g/mol. The van der Waals surface area contributed by atoms with E-state index in [1.807, 2.05) is 54.6 Å². The highest BCUT2D eigenvalue weighted by molar-refractivity contribution is 6.00. The molecule has 178 valence electrons. The Hall–Kier alpha value is -3.87. The number of fused-ring (bicyclic) bond motifs is 1. The maximum atomic E-state index is 13.5. The van der Waals surface area contributed by atoms with E-state index >= 15 is 0 Å². The summed E-state index contributed by atoms with van der Waals surface area (Å²) in [5.74, 6) is 2.27. The van der Waals surface area contributed by atoms with Crippen LogP contribution in [-0.2, 0) is 4.79 Å². The minimum atomic E-state index is -0.452. The number of ether oxygens (including phenoxy) is 1. The van der Waals surface area contributed by atoms with Crippen molar-refractivity contribution in [3.05, 3.63) is 87.3 Å². The van der Waals surface area contributed by atoms with Crippen LogP contribution in [0, 0.1) is 0 Å². The molecule has 1 saturated heterocycles. The number of nitrogens with one attached hydrogen (secondary N) is 2. The maximum absolute atomic E-state index is 13.5. The number of nitrogens with zero attached hydrogens (tertiary/aromatic N) is 2. The smallest absolute Gasteiger partial charge is 0.258 e. The zero-order valence-corrected chi connectivity index (χ0v) is 19.5. The molecule has 7 heteroatoms. The lowest BCUT2D eigenvalue weighted by Gasteiger charge is -2.34. The molecule has 1 aromatic heterocycles. The molecule has 0 spiro atoms. The molecule has 1 atom stereocenters. The summed E-state index contributed by atoms with van der Waals surface area (Å²) < 4.78 is 5.95. The number of aromatic nitrogens is 2. The van der Waals surface area contributed by atoms with Gasteiger partial charge in [0.15, 0.2) is 5.78 Å². The highest BCUT2D eigenvalue weighted by atomic mass is 16.5. The van der Waals surface area contributed by atoms with Crippen LogP contribution in [0.3, 0.4) is 0 Å². The second-order valence-corrected chi connectivity index (χ2v) is 9.41. The molecule has 0 saturated carbocycles. The average Bonchev–Trinajstić information content (AvgIpc) is 2.89. The molecule has 0 bridgehead atoms. The third-order valence-electron chi connectivity index (χ3n) is 7.09. The van der Waals surface area contributed by atoms with E-state index in [1.165, 1.54) is 6.42 Å². The molecular weight excluding hydrogens is 440 g/mol. The standard InChI is InChI=1S/C28H28N4O3/c33-22-11-7-10-21-24(22)23(18-12-14-20(15-13-18)35-19-8-3-1-4-9-19)25-26(29-21)30-28(31-27(25)34)32-16-5-2-6-17-32/h1,3-4,8-9,12-15,23H,2,5-7,10-11,16-17H2,(H2,29,30,31,34)/t23-/m0/s1. The largest absolute Gasteiger partial charge is 0.457 e. The van der Waals surface area contributed by atoms with Gasteiger partial charge in [0, 0.05) is 36.7 Å². The van der Waals surface area contributed by atoms with Crippen LogP contribution in [0.25, 0.3) is 0 Å². The van der Waals surface area contributed by atoms with Crippen molar-refractivity contribution in [2.24, 2.45) is 0 Å². The van der Waals surface area contributed by atoms with Crippen LogP contribution in [0.4, 0.5) is 11.8 Å². The summed E-state index contributed by atoms with van der Waals surface area (Å²) in [7, 11) is 0. The predicted molar refractivity (Wildman–Crippen MR) is 135 cm³/mol. The SMILES string of the molecule is O=C1CCCC2=C1[C@H](c1ccc(Oc3ccccc3)cc1)c1c(nc(N3CCCCC3)[nH]c1=O)N2. The van der Waals surface area contributed by atoms with E-state index in [0.717, 1.165) is 55.8 Å². The first-order chi connectivity index (χ1) is 17.2. The van der Waals surface area contributed by atoms with Crippen LogP contribution in [0.5, 0.6) is 11.5 Å². The molecule has 0 radical (unpaired) electrons. The first-order valence-electron chi connectivity index (χ1n) is 12.4. The third kappa shape index (κ3) is 4.11. The Bertz CT molecular complexity index is 1340. The highest BCUT2D eigenvalue weighted by Gasteiger charge is 2.38. The zero-order valence-electron chi connectivity index (χ0n) is 19.5. The molecule has 2 aromatic carbocycles. The zero-order chi connectivity index (χ0) is 23.8. The van der Waals surface area contributed by atoms with Gasteiger partial charge in [-0.2, -0.15) is 4.98 Å². The number of carbonyl (C=O) groups is 1. The predicted octanol–water partition coefficient (Wildman–Crippen LogP) is 5.12. The molecule has 2 N–H and O–H groups in total. The van der Waals surface area contributed by atoms with Crippen LogP contribution >= 0.6 is 0 Å². The summed E-state index contributed by atoms with van der Waals surface area (Å²) in [6.45, 7) is 1.78. The minimum Gasteiger partial charge on any atom is -0.457 e. The van der Waals surface area contributed by atoms with Crippen molar-refractivity contribution in [2.75, 3.05) is 23.3 Å². The number of piperidine rings is 1. The Balaban J connectivity index is 1.40. The number of allylic oxidation sites excluding steroid dienone is 2. The molecule has 3 heterocycles. The molecule has 1 aliphatic carbocycles. The van der Waals surface area contributed by atoms with Crippen molar-refractivity contribution in [3.8, 4) is 11.5 Å². The number of hydrogen-bond acceptors (Lipinski definition) is 6. The summed E-state index contributed by atoms with van der Waals surface area (Å²) in [4.78, 5) is 36.6. The van der Waals surface area contributed by atoms with E-state index in [0.29, 0.717) is 35.1 Å². The number of hydrogen-bond donors (Lipinski definition) is 2. The molecule has 0 amide bonds. The summed E-state index contributed by atoms with van der Waals surface area (Å²) in [6, 6.07) is 17.3. The number of anilines is 2. The van der Waals surface area contributed by atoms with Gasteiger partial charge >= 0.3 is 0 Å². The number of carbonyl (C=O) groups excluding carboxylic acids is 1. The number of rotatable bonds is 4. The Labute approximate surface area is 203 Å². The van der Waals surface area contributed by atoms with E-state index in [4.69, 9.17) is 9.72 Å². The first-order valence-corrected chi connectivity index (χ1v) is 12.4. The molecule has 0 unspecified atom stereocenters. The fraction of sp³-hybridized carbons (Fsp3) is 0.321. The Morgan fingerprint density at radius 3 is 2.37 bits per heavy atom. The Morgan fingerprint density at radius 1 is 0.857 bits per heavy atom. The molecule has 7 nitrogen and oxygen atoms in total. The van der Waals surface area contributed by atoms with Gasteiger partial charge in [0.1, 0.15) is 17.3 Å². The van der Waals surface area contributed by atoms with Crippen molar-refractivity contribution >= 4 is 17.5 Å². The van der Waals surface area contributed by atoms with Crippen LogP contribution in [-0.4, -0.2) is 28.8 Å². The molecule has 2 aliphatic heterocycles. The normalized spacial score (nSPS) is 19.6. The lowest BCUT2D eigenvalue weighted by atomic mass is 9.76. The highest BCUT2D eigenvalue weighted by Crippen LogP contribution is 2.44. The van der Waals surface area contributed by atoms with Crippen LogP contribution < -0.4 is 20.5 Å². The van der Waals surface area contributed by atoms with E-state index in [9.17, 15) is 9.59 Å². The van der Waals surface area contributed by atoms with Crippen LogP contribution in [0.15, 0.2) is 70.7 Å². The molecule has 6 rings (SSSR count). The topological polar surface area (TPSA) is 87.3 Å². The van der Waals surface area contributed by atoms with E-state index in [1.54, 1.807) is 0 Å². The second kappa shape index (κ2) is 9.06. The van der Waals surface area contributed by atoms with Gasteiger partial charge in [-0.05, 0) is 61.9 Å². The van der Waals surface area contributed by atoms with Gasteiger partial charge < -0.3 is 15.0 Å². The summed E-state index contributed by atoms with van der Waals surface area (Å²) in [5, 5.41) is 3.37. The van der Waals surface area contributed by atoms with E-state index < -0.39 is 5.92 Å². The molecular formula is C28H28N4O3. The third-order valence-corrected chi connectivity index (χ3v) is 7.09. The fourth-order valence-corrected chi connectivity index (χ4v) is 5.39. The monoisotopic (exact) mass is 468 g/mol. The minimum absolute atomic E-state index is 0.0959. The first kappa shape index (κ1) is 21.6. The molecule has 3 aliphatic rings. The summed E-state index contributed by atoms with van der Waals surface area (Å²) >= 11 is 0. The Kier molecular flexibility index (Phi) is 5.60. The van der Waals surface area contributed by atoms with Gasteiger partial charge in [-0.15, -0.1) is 0 Å². The van der Waals surface area contributed by atoms with Crippen molar-refractivity contribution in [3.63, 3.8) is 0 Å². The number of ketones is 1. The van der Waals surface area contributed by atoms with Gasteiger partial charge in [-0.25, -0.2) is 0 Å². The summed E-state index contributed by atoms with van der Waals surface area (Å²) in [5.41, 5.74) is 2.79. The van der Waals surface area contributed by atoms with Crippen LogP contribution in [0.1, 0.15) is 55.6 Å². The molecule has 3 aromatic rings. The lowest BCUT2D eigenvalue weighted by Crippen LogP contribution is -2.36. The van der Waals surface area contributed by atoms with E-state index in [-0.39, 0.29) is 11.3 Å². The van der Waals surface area contributed by atoms with Gasteiger partial charge in [0.05, 0.1) is 5.56 Å². The van der Waals surface area contributed by atoms with Gasteiger partial charge in [0.2, 0.25) is 5.95 Å². The Morgan fingerprint density at radius 2 is 1.60 bits per heavy atom. The number of H-pyrrole nitrogens is 1. The number of benzene rings is 2. The number of Topliss-reactive ketones (excluding diaryl/α,β-unsaturated/α-hetero) is 1. The van der Waals surface area contributed by atoms with E-state index in [2.05, 4.69) is 15.2 Å². The molecule has 35 heavy (non-hydrogen) atoms. The van der Waals surface area contributed by atoms with Gasteiger partial charge in [-0.1, -0.05) is 30.3 Å². The number of aromatic amines is 1. The van der Waals surface area contributed by atoms with Crippen LogP contribution in [0.2, 0.25) is 0 Å². The van der Waals surface area contributed by atoms with Crippen molar-refractivity contribution in [1.29, 1.82) is 0 Å². The molecule has 1 fully saturated rings. The maximum Gasteiger partial charge on any atom is 0.258 e. The lowest BCUT2D eigenvalue weighted by molar-refractivity contribution is -0.116. The quantitative estimate of drug-likeness (QED) is 0.553. The number of para-hydroxylation sites is 1. The van der Waals surface area contributed by atoms with Crippen molar-refractivity contribution in [1.82, 2.24) is 9.97 Å². The summed E-state index contributed by atoms with van der Waals surface area (Å²) in [6.07, 6.45) is 5.47. The van der Waals surface area contributed by atoms with Crippen molar-refractivity contribution in [2.45, 2.75) is 44.4 Å². The van der Waals surface area contributed by atoms with Gasteiger partial charge in [0.25, 0.3) is 5.56 Å². The second-order valence-electron chi connectivity index (χ2n) is 9.41. The fourth-order valence-electron chi connectivity index (χ4n) is 5.39.